The quantitative estimate of drug-likeness (QED) is 0.517. The van der Waals surface area contributed by atoms with Crippen molar-refractivity contribution in [1.29, 1.82) is 0 Å². The van der Waals surface area contributed by atoms with Crippen molar-refractivity contribution in [3.05, 3.63) is 44.7 Å². The number of pyridine rings is 1. The number of anilines is 1. The van der Waals surface area contributed by atoms with Crippen LogP contribution in [-0.2, 0) is 9.53 Å². The fourth-order valence-electron chi connectivity index (χ4n) is 4.07. The number of hydrogen-bond acceptors (Lipinski definition) is 7. The zero-order valence-electron chi connectivity index (χ0n) is 18.3. The average Bonchev–Trinajstić information content (AvgIpc) is 2.97. The Morgan fingerprint density at radius 1 is 1.26 bits per heavy atom. The van der Waals surface area contributed by atoms with E-state index < -0.39 is 0 Å². The molecule has 4 heterocycles. The number of aromatic nitrogens is 2. The van der Waals surface area contributed by atoms with Gasteiger partial charge in [0.25, 0.3) is 11.5 Å². The molecule has 1 amide bonds. The first-order chi connectivity index (χ1) is 14.7. The molecular formula is C22H26N4O3S2. The van der Waals surface area contributed by atoms with E-state index in [1.54, 1.807) is 21.6 Å². The SMILES string of the molecule is Cc1cccn2c(=O)c(/C=C3/SC(=S)N(C(C)C)C3=O)c(N3CC(C)OC(C)C3)nc12. The van der Waals surface area contributed by atoms with E-state index >= 15 is 0 Å². The molecule has 2 fully saturated rings. The minimum atomic E-state index is -0.203. The molecule has 2 aromatic heterocycles. The van der Waals surface area contributed by atoms with Crippen molar-refractivity contribution < 1.29 is 9.53 Å². The highest BCUT2D eigenvalue weighted by atomic mass is 32.2. The summed E-state index contributed by atoms with van der Waals surface area (Å²) in [6.07, 6.45) is 3.38. The number of morpholine rings is 1. The summed E-state index contributed by atoms with van der Waals surface area (Å²) in [7, 11) is 0. The predicted molar refractivity (Wildman–Crippen MR) is 129 cm³/mol. The van der Waals surface area contributed by atoms with Gasteiger partial charge in [-0.3, -0.25) is 18.9 Å². The fraction of sp³-hybridized carbons (Fsp3) is 0.455. The Kier molecular flexibility index (Phi) is 5.93. The number of thioether (sulfide) groups is 1. The summed E-state index contributed by atoms with van der Waals surface area (Å²) in [4.78, 5) is 35.5. The normalized spacial score (nSPS) is 23.6. The molecule has 31 heavy (non-hydrogen) atoms. The maximum Gasteiger partial charge on any atom is 0.267 e. The van der Waals surface area contributed by atoms with Crippen molar-refractivity contribution >= 4 is 51.7 Å². The van der Waals surface area contributed by atoms with E-state index in [0.717, 1.165) is 5.56 Å². The second-order valence-electron chi connectivity index (χ2n) is 8.35. The number of aryl methyl sites for hydroxylation is 1. The van der Waals surface area contributed by atoms with E-state index in [0.29, 0.717) is 39.3 Å². The predicted octanol–water partition coefficient (Wildman–Crippen LogP) is 3.23. The maximum absolute atomic E-state index is 13.6. The average molecular weight is 459 g/mol. The number of thiocarbonyl (C=S) groups is 1. The summed E-state index contributed by atoms with van der Waals surface area (Å²) in [6.45, 7) is 11.0. The van der Waals surface area contributed by atoms with Crippen LogP contribution in [0.3, 0.4) is 0 Å². The lowest BCUT2D eigenvalue weighted by Crippen LogP contribution is -2.46. The molecule has 2 unspecified atom stereocenters. The highest BCUT2D eigenvalue weighted by molar-refractivity contribution is 8.26. The van der Waals surface area contributed by atoms with Crippen LogP contribution < -0.4 is 10.5 Å². The number of amides is 1. The Morgan fingerprint density at radius 3 is 2.55 bits per heavy atom. The number of rotatable bonds is 3. The third-order valence-electron chi connectivity index (χ3n) is 5.40. The first-order valence-electron chi connectivity index (χ1n) is 10.4. The highest BCUT2D eigenvalue weighted by Crippen LogP contribution is 2.35. The molecular weight excluding hydrogens is 432 g/mol. The largest absolute Gasteiger partial charge is 0.372 e. The smallest absolute Gasteiger partial charge is 0.267 e. The highest BCUT2D eigenvalue weighted by Gasteiger charge is 2.35. The summed E-state index contributed by atoms with van der Waals surface area (Å²) in [5, 5.41) is 0. The van der Waals surface area contributed by atoms with Crippen molar-refractivity contribution in [3.8, 4) is 0 Å². The molecule has 0 radical (unpaired) electrons. The van der Waals surface area contributed by atoms with Crippen LogP contribution >= 0.6 is 24.0 Å². The first-order valence-corrected chi connectivity index (χ1v) is 11.6. The summed E-state index contributed by atoms with van der Waals surface area (Å²) in [6, 6.07) is 3.72. The van der Waals surface area contributed by atoms with Gasteiger partial charge in [-0.1, -0.05) is 30.0 Å². The summed E-state index contributed by atoms with van der Waals surface area (Å²) in [5.41, 5.74) is 1.72. The molecule has 2 atom stereocenters. The second kappa shape index (κ2) is 8.37. The molecule has 0 aliphatic carbocycles. The van der Waals surface area contributed by atoms with Gasteiger partial charge in [0.2, 0.25) is 0 Å². The molecule has 0 aromatic carbocycles. The molecule has 7 nitrogen and oxygen atoms in total. The first kappa shape index (κ1) is 22.0. The second-order valence-corrected chi connectivity index (χ2v) is 10.0. The molecule has 164 valence electrons. The lowest BCUT2D eigenvalue weighted by molar-refractivity contribution is -0.123. The zero-order chi connectivity index (χ0) is 22.4. The standard InChI is InChI=1S/C22H26N4O3S2/c1-12(2)26-21(28)17(31-22(26)30)9-16-19(24-10-14(4)29-15(5)11-24)23-18-13(3)7-6-8-25(18)20(16)27/h6-9,12,14-15H,10-11H2,1-5H3/b17-9+. The number of nitrogens with zero attached hydrogens (tertiary/aromatic N) is 4. The van der Waals surface area contributed by atoms with E-state index in [9.17, 15) is 9.59 Å². The zero-order valence-corrected chi connectivity index (χ0v) is 19.9. The number of carbonyl (C=O) groups excluding carboxylic acids is 1. The molecule has 4 rings (SSSR count). The van der Waals surface area contributed by atoms with Crippen LogP contribution in [0.15, 0.2) is 28.0 Å². The van der Waals surface area contributed by atoms with Gasteiger partial charge in [-0.25, -0.2) is 4.98 Å². The summed E-state index contributed by atoms with van der Waals surface area (Å²) < 4.78 is 7.92. The molecule has 0 bridgehead atoms. The van der Waals surface area contributed by atoms with Crippen LogP contribution in [0.5, 0.6) is 0 Å². The third kappa shape index (κ3) is 4.02. The summed E-state index contributed by atoms with van der Waals surface area (Å²) in [5.74, 6) is 0.407. The molecule has 2 aliphatic heterocycles. The van der Waals surface area contributed by atoms with Gasteiger partial charge in [0, 0.05) is 25.3 Å². The van der Waals surface area contributed by atoms with Crippen LogP contribution in [0, 0.1) is 6.92 Å². The van der Waals surface area contributed by atoms with E-state index in [2.05, 4.69) is 4.90 Å². The number of hydrogen-bond donors (Lipinski definition) is 0. The van der Waals surface area contributed by atoms with Gasteiger partial charge in [0.05, 0.1) is 22.7 Å². The van der Waals surface area contributed by atoms with Crippen molar-refractivity contribution in [3.63, 3.8) is 0 Å². The van der Waals surface area contributed by atoms with E-state index in [-0.39, 0.29) is 29.7 Å². The minimum Gasteiger partial charge on any atom is -0.372 e. The van der Waals surface area contributed by atoms with Crippen molar-refractivity contribution in [1.82, 2.24) is 14.3 Å². The fourth-order valence-corrected chi connectivity index (χ4v) is 5.58. The lowest BCUT2D eigenvalue weighted by atomic mass is 10.1. The van der Waals surface area contributed by atoms with E-state index in [1.165, 1.54) is 11.8 Å². The number of ether oxygens (including phenoxy) is 1. The summed E-state index contributed by atoms with van der Waals surface area (Å²) >= 11 is 6.63. The Hall–Kier alpha value is -2.23. The van der Waals surface area contributed by atoms with Crippen molar-refractivity contribution in [2.45, 2.75) is 52.9 Å². The Morgan fingerprint density at radius 2 is 1.94 bits per heavy atom. The van der Waals surface area contributed by atoms with Crippen LogP contribution in [-0.4, -0.2) is 55.9 Å². The molecule has 9 heteroatoms. The van der Waals surface area contributed by atoms with E-state index in [4.69, 9.17) is 21.9 Å². The molecule has 0 N–H and O–H groups in total. The van der Waals surface area contributed by atoms with E-state index in [1.807, 2.05) is 46.8 Å². The van der Waals surface area contributed by atoms with Crippen LogP contribution in [0.25, 0.3) is 11.7 Å². The van der Waals surface area contributed by atoms with Crippen molar-refractivity contribution in [2.24, 2.45) is 0 Å². The molecule has 2 saturated heterocycles. The van der Waals surface area contributed by atoms with Gasteiger partial charge in [0.1, 0.15) is 15.8 Å². The minimum absolute atomic E-state index is 0.00729. The topological polar surface area (TPSA) is 67.2 Å². The van der Waals surface area contributed by atoms with Crippen molar-refractivity contribution in [2.75, 3.05) is 18.0 Å². The molecule has 2 aromatic rings. The third-order valence-corrected chi connectivity index (χ3v) is 6.73. The Bertz CT molecular complexity index is 1150. The molecule has 0 spiro atoms. The van der Waals surface area contributed by atoms with Gasteiger partial charge in [-0.15, -0.1) is 0 Å². The number of fused-ring (bicyclic) bond motifs is 1. The van der Waals surface area contributed by atoms with Gasteiger partial charge in [-0.05, 0) is 52.3 Å². The van der Waals surface area contributed by atoms with Crippen LogP contribution in [0.2, 0.25) is 0 Å². The van der Waals surface area contributed by atoms with Gasteiger partial charge >= 0.3 is 0 Å². The van der Waals surface area contributed by atoms with Crippen LogP contribution in [0.4, 0.5) is 5.82 Å². The van der Waals surface area contributed by atoms with Gasteiger partial charge in [-0.2, -0.15) is 0 Å². The Labute approximate surface area is 191 Å². The monoisotopic (exact) mass is 458 g/mol. The Balaban J connectivity index is 1.92. The maximum atomic E-state index is 13.6. The van der Waals surface area contributed by atoms with Crippen LogP contribution in [0.1, 0.15) is 38.8 Å². The number of carbonyl (C=O) groups is 1. The lowest BCUT2D eigenvalue weighted by Gasteiger charge is -2.36. The van der Waals surface area contributed by atoms with Gasteiger partial charge < -0.3 is 9.64 Å². The molecule has 0 saturated carbocycles. The van der Waals surface area contributed by atoms with Gasteiger partial charge in [0.15, 0.2) is 0 Å². The molecule has 2 aliphatic rings.